The van der Waals surface area contributed by atoms with Crippen molar-refractivity contribution < 1.29 is 23.2 Å². The molecule has 9 heteroatoms. The van der Waals surface area contributed by atoms with Crippen molar-refractivity contribution >= 4 is 27.1 Å². The van der Waals surface area contributed by atoms with Crippen molar-refractivity contribution in [2.24, 2.45) is 0 Å². The van der Waals surface area contributed by atoms with Crippen molar-refractivity contribution in [3.63, 3.8) is 0 Å². The Hall–Kier alpha value is -2.72. The molecule has 0 unspecified atom stereocenters. The van der Waals surface area contributed by atoms with Crippen LogP contribution in [0, 0.1) is 0 Å². The van der Waals surface area contributed by atoms with Gasteiger partial charge < -0.3 is 4.74 Å². The molecule has 2 aromatic carbocycles. The second-order valence-corrected chi connectivity index (χ2v) is 11.2. The number of carbonyl (C=O) groups is 1. The van der Waals surface area contributed by atoms with Gasteiger partial charge in [0.05, 0.1) is 12.0 Å². The molecule has 1 aromatic heterocycles. The highest BCUT2D eigenvalue weighted by Gasteiger charge is 2.52. The number of likely N-dealkylation sites (tertiary alicyclic amines) is 1. The summed E-state index contributed by atoms with van der Waals surface area (Å²) in [7, 11) is -2.56. The van der Waals surface area contributed by atoms with Crippen LogP contribution in [0.4, 0.5) is 0 Å². The van der Waals surface area contributed by atoms with Crippen LogP contribution in [0.15, 0.2) is 70.9 Å². The van der Waals surface area contributed by atoms with Crippen molar-refractivity contribution in [3.8, 4) is 16.2 Å². The molecule has 174 valence electrons. The second-order valence-electron chi connectivity index (χ2n) is 8.02. The lowest BCUT2D eigenvalue weighted by Crippen LogP contribution is -2.57. The number of benzene rings is 2. The van der Waals surface area contributed by atoms with Gasteiger partial charge in [-0.15, -0.1) is 11.3 Å². The molecule has 2 N–H and O–H groups in total. The molecule has 7 nitrogen and oxygen atoms in total. The minimum absolute atomic E-state index is 0.0309. The minimum Gasteiger partial charge on any atom is -0.497 e. The SMILES string of the molecule is COc1ccc(S(=O)(=O)C2(C(=O)NO)CCN(Cc3ccccc3-c3cccs3)CC2)cc1. The molecule has 3 aromatic rings. The summed E-state index contributed by atoms with van der Waals surface area (Å²) in [6.07, 6.45) is 0.157. The topological polar surface area (TPSA) is 95.9 Å². The molecule has 2 heterocycles. The fourth-order valence-electron chi connectivity index (χ4n) is 4.34. The average Bonchev–Trinajstić information content (AvgIpc) is 3.39. The number of hydrogen-bond acceptors (Lipinski definition) is 7. The number of thiophene rings is 1. The molecule has 0 aliphatic carbocycles. The average molecular weight is 487 g/mol. The van der Waals surface area contributed by atoms with Gasteiger partial charge in [-0.3, -0.25) is 14.9 Å². The van der Waals surface area contributed by atoms with Gasteiger partial charge in [-0.2, -0.15) is 0 Å². The zero-order chi connectivity index (χ0) is 23.5. The van der Waals surface area contributed by atoms with Gasteiger partial charge in [0, 0.05) is 24.5 Å². The quantitative estimate of drug-likeness (QED) is 0.390. The van der Waals surface area contributed by atoms with Crippen LogP contribution in [0.5, 0.6) is 5.75 Å². The maximum atomic E-state index is 13.6. The lowest BCUT2D eigenvalue weighted by Gasteiger charge is -2.39. The Morgan fingerprint density at radius 3 is 2.39 bits per heavy atom. The number of piperidine rings is 1. The normalized spacial score (nSPS) is 16.3. The summed E-state index contributed by atoms with van der Waals surface area (Å²) < 4.78 is 30.5. The molecule has 1 aliphatic rings. The van der Waals surface area contributed by atoms with E-state index in [0.717, 1.165) is 11.1 Å². The summed E-state index contributed by atoms with van der Waals surface area (Å²) in [5, 5.41) is 11.4. The van der Waals surface area contributed by atoms with Crippen LogP contribution < -0.4 is 10.2 Å². The monoisotopic (exact) mass is 486 g/mol. The largest absolute Gasteiger partial charge is 0.497 e. The van der Waals surface area contributed by atoms with Crippen LogP contribution in [0.2, 0.25) is 0 Å². The number of rotatable bonds is 7. The number of ether oxygens (including phenoxy) is 1. The minimum atomic E-state index is -4.05. The molecule has 0 bridgehead atoms. The van der Waals surface area contributed by atoms with Gasteiger partial charge in [0.2, 0.25) is 0 Å². The number of sulfone groups is 1. The van der Waals surface area contributed by atoms with Crippen molar-refractivity contribution in [2.75, 3.05) is 20.2 Å². The highest BCUT2D eigenvalue weighted by molar-refractivity contribution is 7.93. The van der Waals surface area contributed by atoms with Gasteiger partial charge in [-0.25, -0.2) is 13.9 Å². The summed E-state index contributed by atoms with van der Waals surface area (Å²) in [6, 6.07) is 18.2. The Kier molecular flexibility index (Phi) is 6.85. The van der Waals surface area contributed by atoms with E-state index in [1.54, 1.807) is 28.9 Å². The predicted molar refractivity (Wildman–Crippen MR) is 127 cm³/mol. The molecular formula is C24H26N2O5S2. The van der Waals surface area contributed by atoms with E-state index in [0.29, 0.717) is 25.4 Å². The van der Waals surface area contributed by atoms with E-state index in [4.69, 9.17) is 4.74 Å². The van der Waals surface area contributed by atoms with Crippen LogP contribution in [0.25, 0.3) is 10.4 Å². The Morgan fingerprint density at radius 1 is 1.09 bits per heavy atom. The molecule has 33 heavy (non-hydrogen) atoms. The van der Waals surface area contributed by atoms with Gasteiger partial charge in [0.15, 0.2) is 14.6 Å². The third-order valence-corrected chi connectivity index (χ3v) is 9.68. The van der Waals surface area contributed by atoms with E-state index in [1.807, 2.05) is 23.6 Å². The Morgan fingerprint density at radius 2 is 1.79 bits per heavy atom. The molecule has 1 amide bonds. The van der Waals surface area contributed by atoms with Crippen molar-refractivity contribution in [3.05, 3.63) is 71.6 Å². The Bertz CT molecular complexity index is 1200. The first kappa shape index (κ1) is 23.4. The maximum absolute atomic E-state index is 13.6. The number of amides is 1. The van der Waals surface area contributed by atoms with Crippen LogP contribution in [-0.2, 0) is 21.2 Å². The molecule has 0 saturated carbocycles. The number of hydrogen-bond donors (Lipinski definition) is 2. The second kappa shape index (κ2) is 9.64. The van der Waals surface area contributed by atoms with Gasteiger partial charge in [-0.1, -0.05) is 30.3 Å². The van der Waals surface area contributed by atoms with Crippen molar-refractivity contribution in [1.29, 1.82) is 0 Å². The highest BCUT2D eigenvalue weighted by atomic mass is 32.2. The smallest absolute Gasteiger partial charge is 0.265 e. The third kappa shape index (κ3) is 4.41. The number of hydroxylamine groups is 1. The molecule has 0 spiro atoms. The van der Waals surface area contributed by atoms with E-state index in [1.165, 1.54) is 24.1 Å². The Balaban J connectivity index is 1.57. The number of nitrogens with one attached hydrogen (secondary N) is 1. The molecule has 0 radical (unpaired) electrons. The number of nitrogens with zero attached hydrogens (tertiary/aromatic N) is 1. The number of methoxy groups -OCH3 is 1. The fraction of sp³-hybridized carbons (Fsp3) is 0.292. The number of carbonyl (C=O) groups excluding carboxylic acids is 1. The Labute approximate surface area is 197 Å². The van der Waals surface area contributed by atoms with E-state index >= 15 is 0 Å². The zero-order valence-corrected chi connectivity index (χ0v) is 19.9. The lowest BCUT2D eigenvalue weighted by molar-refractivity contribution is -0.133. The van der Waals surface area contributed by atoms with E-state index in [2.05, 4.69) is 23.1 Å². The van der Waals surface area contributed by atoms with Crippen LogP contribution in [0.3, 0.4) is 0 Å². The van der Waals surface area contributed by atoms with Gasteiger partial charge in [0.1, 0.15) is 5.75 Å². The first-order valence-corrected chi connectivity index (χ1v) is 12.9. The molecule has 1 fully saturated rings. The van der Waals surface area contributed by atoms with Crippen LogP contribution >= 0.6 is 11.3 Å². The standard InChI is InChI=1S/C24H26N2O5S2/c1-31-19-8-10-20(11-9-19)33(29,30)24(23(27)25-28)12-14-26(15-13-24)17-18-5-2-3-6-21(18)22-7-4-16-32-22/h2-11,16,28H,12-15,17H2,1H3,(H,25,27). The zero-order valence-electron chi connectivity index (χ0n) is 18.2. The van der Waals surface area contributed by atoms with Gasteiger partial charge in [-0.05, 0) is 59.7 Å². The highest BCUT2D eigenvalue weighted by Crippen LogP contribution is 2.37. The summed E-state index contributed by atoms with van der Waals surface area (Å²) in [5.74, 6) is -0.370. The maximum Gasteiger partial charge on any atom is 0.265 e. The fourth-order valence-corrected chi connectivity index (χ4v) is 7.09. The predicted octanol–water partition coefficient (Wildman–Crippen LogP) is 3.74. The van der Waals surface area contributed by atoms with Crippen molar-refractivity contribution in [2.45, 2.75) is 29.0 Å². The van der Waals surface area contributed by atoms with Crippen molar-refractivity contribution in [1.82, 2.24) is 10.4 Å². The first-order chi connectivity index (χ1) is 15.9. The summed E-state index contributed by atoms with van der Waals surface area (Å²) in [5.41, 5.74) is 3.91. The molecule has 1 aliphatic heterocycles. The van der Waals surface area contributed by atoms with Gasteiger partial charge in [0.25, 0.3) is 5.91 Å². The van der Waals surface area contributed by atoms with Gasteiger partial charge >= 0.3 is 0 Å². The van der Waals surface area contributed by atoms with E-state index in [-0.39, 0.29) is 17.7 Å². The molecular weight excluding hydrogens is 460 g/mol. The molecule has 1 saturated heterocycles. The summed E-state index contributed by atoms with van der Waals surface area (Å²) in [4.78, 5) is 16.1. The van der Waals surface area contributed by atoms with Crippen LogP contribution in [-0.4, -0.2) is 49.4 Å². The summed E-state index contributed by atoms with van der Waals surface area (Å²) >= 11 is 1.67. The summed E-state index contributed by atoms with van der Waals surface area (Å²) in [6.45, 7) is 1.45. The van der Waals surface area contributed by atoms with E-state index < -0.39 is 20.5 Å². The van der Waals surface area contributed by atoms with Crippen LogP contribution in [0.1, 0.15) is 18.4 Å². The molecule has 0 atom stereocenters. The first-order valence-electron chi connectivity index (χ1n) is 10.6. The lowest BCUT2D eigenvalue weighted by atomic mass is 9.94. The molecule has 4 rings (SSSR count). The van der Waals surface area contributed by atoms with E-state index in [9.17, 15) is 18.4 Å². The third-order valence-electron chi connectivity index (χ3n) is 6.26.